The van der Waals surface area contributed by atoms with Gasteiger partial charge in [-0.3, -0.25) is 4.79 Å². The molecule has 0 bridgehead atoms. The lowest BCUT2D eigenvalue weighted by Crippen LogP contribution is -2.37. The second kappa shape index (κ2) is 7.09. The fourth-order valence-electron chi connectivity index (χ4n) is 2.27. The van der Waals surface area contributed by atoms with Crippen LogP contribution < -0.4 is 5.32 Å². The van der Waals surface area contributed by atoms with Gasteiger partial charge >= 0.3 is 0 Å². The summed E-state index contributed by atoms with van der Waals surface area (Å²) in [6.45, 7) is 4.20. The molecule has 2 heterocycles. The van der Waals surface area contributed by atoms with E-state index in [4.69, 9.17) is 4.74 Å². The van der Waals surface area contributed by atoms with Crippen LogP contribution in [0.1, 0.15) is 25.7 Å². The van der Waals surface area contributed by atoms with Crippen molar-refractivity contribution in [3.8, 4) is 0 Å². The molecule has 2 aliphatic rings. The summed E-state index contributed by atoms with van der Waals surface area (Å²) in [5.74, 6) is 0.292. The summed E-state index contributed by atoms with van der Waals surface area (Å²) in [6, 6.07) is 0.418. The average Bonchev–Trinajstić information content (AvgIpc) is 2.58. The van der Waals surface area contributed by atoms with E-state index in [1.807, 2.05) is 4.90 Å². The maximum atomic E-state index is 11.9. The highest BCUT2D eigenvalue weighted by Crippen LogP contribution is 2.11. The van der Waals surface area contributed by atoms with Crippen molar-refractivity contribution < 1.29 is 9.53 Å². The van der Waals surface area contributed by atoms with Crippen LogP contribution in [0.5, 0.6) is 0 Å². The van der Waals surface area contributed by atoms with Crippen LogP contribution in [-0.2, 0) is 9.53 Å². The van der Waals surface area contributed by atoms with E-state index in [-0.39, 0.29) is 12.4 Å². The van der Waals surface area contributed by atoms with Crippen LogP contribution >= 0.6 is 12.4 Å². The van der Waals surface area contributed by atoms with Crippen molar-refractivity contribution in [1.82, 2.24) is 10.2 Å². The monoisotopic (exact) mass is 248 g/mol. The van der Waals surface area contributed by atoms with Crippen LogP contribution in [0, 0.1) is 0 Å². The number of nitrogens with zero attached hydrogens (tertiary/aromatic N) is 1. The first-order valence-electron chi connectivity index (χ1n) is 5.95. The standard InChI is InChI=1S/C11H20N2O2.ClH/c14-11(9-10-3-1-4-12-10)13-5-2-7-15-8-6-13;/h10,12H,1-9H2;1H. The molecular weight excluding hydrogens is 228 g/mol. The number of carbonyl (C=O) groups excluding carboxylic acids is 1. The van der Waals surface area contributed by atoms with E-state index in [0.717, 1.165) is 39.1 Å². The van der Waals surface area contributed by atoms with Crippen LogP contribution in [0.15, 0.2) is 0 Å². The lowest BCUT2D eigenvalue weighted by molar-refractivity contribution is -0.131. The lowest BCUT2D eigenvalue weighted by Gasteiger charge is -2.21. The molecule has 0 radical (unpaired) electrons. The molecule has 2 saturated heterocycles. The molecule has 2 rings (SSSR count). The van der Waals surface area contributed by atoms with Crippen LogP contribution in [0.25, 0.3) is 0 Å². The zero-order valence-electron chi connectivity index (χ0n) is 9.61. The highest BCUT2D eigenvalue weighted by Gasteiger charge is 2.22. The number of hydrogen-bond donors (Lipinski definition) is 1. The minimum Gasteiger partial charge on any atom is -0.380 e. The van der Waals surface area contributed by atoms with Crippen LogP contribution in [0.2, 0.25) is 0 Å². The van der Waals surface area contributed by atoms with Gasteiger partial charge in [0.1, 0.15) is 0 Å². The van der Waals surface area contributed by atoms with Crippen molar-refractivity contribution in [3.05, 3.63) is 0 Å². The Bertz CT molecular complexity index is 212. The molecular formula is C11H21ClN2O2. The van der Waals surface area contributed by atoms with Gasteiger partial charge in [0.15, 0.2) is 0 Å². The number of carbonyl (C=O) groups is 1. The summed E-state index contributed by atoms with van der Waals surface area (Å²) in [7, 11) is 0. The Labute approximate surface area is 103 Å². The predicted octanol–water partition coefficient (Wildman–Crippen LogP) is 0.799. The summed E-state index contributed by atoms with van der Waals surface area (Å²) in [6.07, 6.45) is 4.00. The molecule has 0 aromatic carbocycles. The highest BCUT2D eigenvalue weighted by molar-refractivity contribution is 5.85. The Morgan fingerprint density at radius 2 is 2.19 bits per heavy atom. The van der Waals surface area contributed by atoms with E-state index in [0.29, 0.717) is 25.0 Å². The first-order valence-corrected chi connectivity index (χ1v) is 5.95. The Morgan fingerprint density at radius 3 is 2.94 bits per heavy atom. The van der Waals surface area contributed by atoms with Gasteiger partial charge in [0.2, 0.25) is 5.91 Å². The SMILES string of the molecule is Cl.O=C(CC1CCCN1)N1CCCOCC1. The molecule has 0 aromatic heterocycles. The molecule has 4 nitrogen and oxygen atoms in total. The van der Waals surface area contributed by atoms with Gasteiger partial charge in [0, 0.05) is 32.2 Å². The molecule has 0 saturated carbocycles. The van der Waals surface area contributed by atoms with Crippen molar-refractivity contribution in [2.75, 3.05) is 32.8 Å². The van der Waals surface area contributed by atoms with E-state index >= 15 is 0 Å². The van der Waals surface area contributed by atoms with Gasteiger partial charge < -0.3 is 15.0 Å². The van der Waals surface area contributed by atoms with Crippen LogP contribution in [0.4, 0.5) is 0 Å². The molecule has 0 aliphatic carbocycles. The van der Waals surface area contributed by atoms with Crippen molar-refractivity contribution in [1.29, 1.82) is 0 Å². The topological polar surface area (TPSA) is 41.6 Å². The van der Waals surface area contributed by atoms with Crippen molar-refractivity contribution in [2.24, 2.45) is 0 Å². The Hall–Kier alpha value is -0.320. The Kier molecular flexibility index (Phi) is 6.09. The molecule has 5 heteroatoms. The molecule has 1 amide bonds. The summed E-state index contributed by atoms with van der Waals surface area (Å²) < 4.78 is 5.34. The molecule has 94 valence electrons. The fraction of sp³-hybridized carbons (Fsp3) is 0.909. The molecule has 2 aliphatic heterocycles. The zero-order chi connectivity index (χ0) is 10.5. The van der Waals surface area contributed by atoms with Crippen molar-refractivity contribution >= 4 is 18.3 Å². The van der Waals surface area contributed by atoms with E-state index in [1.165, 1.54) is 6.42 Å². The maximum absolute atomic E-state index is 11.9. The first kappa shape index (κ1) is 13.7. The molecule has 16 heavy (non-hydrogen) atoms. The van der Waals surface area contributed by atoms with E-state index in [9.17, 15) is 4.79 Å². The molecule has 0 spiro atoms. The summed E-state index contributed by atoms with van der Waals surface area (Å²) in [5.41, 5.74) is 0. The predicted molar refractivity (Wildman–Crippen MR) is 64.9 cm³/mol. The fourth-order valence-corrected chi connectivity index (χ4v) is 2.27. The number of ether oxygens (including phenoxy) is 1. The number of amides is 1. The average molecular weight is 249 g/mol. The van der Waals surface area contributed by atoms with Gasteiger partial charge in [-0.05, 0) is 25.8 Å². The highest BCUT2D eigenvalue weighted by atomic mass is 35.5. The minimum atomic E-state index is 0. The molecule has 2 fully saturated rings. The van der Waals surface area contributed by atoms with Gasteiger partial charge in [-0.1, -0.05) is 0 Å². The minimum absolute atomic E-state index is 0. The van der Waals surface area contributed by atoms with Crippen molar-refractivity contribution in [2.45, 2.75) is 31.7 Å². The van der Waals surface area contributed by atoms with Crippen molar-refractivity contribution in [3.63, 3.8) is 0 Å². The lowest BCUT2D eigenvalue weighted by atomic mass is 10.1. The number of hydrogen-bond acceptors (Lipinski definition) is 3. The van der Waals surface area contributed by atoms with Crippen LogP contribution in [0.3, 0.4) is 0 Å². The maximum Gasteiger partial charge on any atom is 0.224 e. The first-order chi connectivity index (χ1) is 7.36. The molecule has 1 atom stereocenters. The number of nitrogens with one attached hydrogen (secondary N) is 1. The van der Waals surface area contributed by atoms with Gasteiger partial charge in [0.25, 0.3) is 0 Å². The van der Waals surface area contributed by atoms with Gasteiger partial charge in [-0.15, -0.1) is 12.4 Å². The normalized spacial score (nSPS) is 26.0. The molecule has 1 N–H and O–H groups in total. The largest absolute Gasteiger partial charge is 0.380 e. The van der Waals surface area contributed by atoms with Gasteiger partial charge in [0.05, 0.1) is 6.61 Å². The summed E-state index contributed by atoms with van der Waals surface area (Å²) in [5, 5.41) is 3.36. The third-order valence-electron chi connectivity index (χ3n) is 3.16. The Balaban J connectivity index is 0.00000128. The third kappa shape index (κ3) is 3.92. The van der Waals surface area contributed by atoms with E-state index in [2.05, 4.69) is 5.32 Å². The molecule has 0 aromatic rings. The molecule has 1 unspecified atom stereocenters. The third-order valence-corrected chi connectivity index (χ3v) is 3.16. The van der Waals surface area contributed by atoms with Crippen LogP contribution in [-0.4, -0.2) is 49.7 Å². The number of halogens is 1. The summed E-state index contributed by atoms with van der Waals surface area (Å²) in [4.78, 5) is 13.9. The van der Waals surface area contributed by atoms with E-state index < -0.39 is 0 Å². The summed E-state index contributed by atoms with van der Waals surface area (Å²) >= 11 is 0. The smallest absolute Gasteiger partial charge is 0.224 e. The Morgan fingerprint density at radius 1 is 1.31 bits per heavy atom. The van der Waals surface area contributed by atoms with Gasteiger partial charge in [-0.2, -0.15) is 0 Å². The second-order valence-electron chi connectivity index (χ2n) is 4.34. The van der Waals surface area contributed by atoms with E-state index in [1.54, 1.807) is 0 Å². The zero-order valence-corrected chi connectivity index (χ0v) is 10.4. The second-order valence-corrected chi connectivity index (χ2v) is 4.34. The van der Waals surface area contributed by atoms with Gasteiger partial charge in [-0.25, -0.2) is 0 Å². The number of rotatable bonds is 2. The quantitative estimate of drug-likeness (QED) is 0.786.